The summed E-state index contributed by atoms with van der Waals surface area (Å²) < 4.78 is 11.1. The third-order valence-corrected chi connectivity index (χ3v) is 8.46. The number of nitrogens with zero attached hydrogens (tertiary/aromatic N) is 1. The third-order valence-electron chi connectivity index (χ3n) is 8.12. The first-order valence-corrected chi connectivity index (χ1v) is 18.3. The lowest BCUT2D eigenvalue weighted by atomic mass is 9.89. The zero-order chi connectivity index (χ0) is 39.4. The summed E-state index contributed by atoms with van der Waals surface area (Å²) in [6, 6.07) is 24.2. The van der Waals surface area contributed by atoms with Crippen molar-refractivity contribution in [2.24, 2.45) is 0 Å². The van der Waals surface area contributed by atoms with Crippen molar-refractivity contribution in [2.75, 3.05) is 12.8 Å². The van der Waals surface area contributed by atoms with Crippen LogP contribution >= 0.6 is 12.6 Å². The van der Waals surface area contributed by atoms with Crippen molar-refractivity contribution in [1.82, 2.24) is 20.9 Å². The van der Waals surface area contributed by atoms with Crippen LogP contribution in [0.15, 0.2) is 91.0 Å². The van der Waals surface area contributed by atoms with Crippen molar-refractivity contribution < 1.29 is 33.4 Å². The SMILES string of the molecule is CN(C(=O)[C@@](C)(Cc1ccccc1)NC(=O)[C@H](Cc1ccccc1)NC(=O)OC(C)(C)C)[C@@H](CS)C(=O)N[C@@H](Cc1ccccc1)C(=O)OC(C)(C)C. The van der Waals surface area contributed by atoms with Gasteiger partial charge in [0.1, 0.15) is 34.9 Å². The molecule has 0 unspecified atom stereocenters. The van der Waals surface area contributed by atoms with Crippen LogP contribution in [0.3, 0.4) is 0 Å². The number of amides is 4. The van der Waals surface area contributed by atoms with Gasteiger partial charge in [0.25, 0.3) is 0 Å². The minimum absolute atomic E-state index is 0.0582. The summed E-state index contributed by atoms with van der Waals surface area (Å²) in [5.74, 6) is -2.54. The number of hydrogen-bond donors (Lipinski definition) is 4. The van der Waals surface area contributed by atoms with Gasteiger partial charge in [-0.1, -0.05) is 91.0 Å². The number of rotatable bonds is 15. The standard InChI is InChI=1S/C41H54N4O7S/c1-39(2,3)51-36(48)32(25-29-20-14-10-15-21-29)42-35(47)33(27-53)45(8)37(49)41(7,26-30-22-16-11-17-23-30)44-34(46)31(24-28-18-12-9-13-19-28)43-38(50)52-40(4,5)6/h9-23,31-33,53H,24-27H2,1-8H3,(H,42,47)(H,43,50)(H,44,46)/t31-,32-,33-,41+/m0/s1. The number of esters is 1. The van der Waals surface area contributed by atoms with Gasteiger partial charge >= 0.3 is 12.1 Å². The molecule has 3 aromatic carbocycles. The summed E-state index contributed by atoms with van der Waals surface area (Å²) in [5, 5.41) is 8.39. The molecule has 4 amide bonds. The molecule has 4 atom stereocenters. The first-order valence-electron chi connectivity index (χ1n) is 17.6. The Kier molecular flexibility index (Phi) is 15.1. The lowest BCUT2D eigenvalue weighted by Crippen LogP contribution is -2.65. The zero-order valence-electron chi connectivity index (χ0n) is 32.0. The van der Waals surface area contributed by atoms with Crippen molar-refractivity contribution in [3.8, 4) is 0 Å². The molecular formula is C41H54N4O7S. The maximum Gasteiger partial charge on any atom is 0.408 e. The maximum atomic E-state index is 14.6. The van der Waals surface area contributed by atoms with E-state index in [0.29, 0.717) is 0 Å². The Bertz CT molecular complexity index is 1680. The number of ether oxygens (including phenoxy) is 2. The second-order valence-corrected chi connectivity index (χ2v) is 15.6. The summed E-state index contributed by atoms with van der Waals surface area (Å²) in [5.41, 5.74) is -0.896. The molecule has 12 heteroatoms. The number of hydrogen-bond acceptors (Lipinski definition) is 8. The van der Waals surface area contributed by atoms with Crippen LogP contribution in [-0.2, 0) is 47.9 Å². The van der Waals surface area contributed by atoms with E-state index in [2.05, 4.69) is 28.6 Å². The van der Waals surface area contributed by atoms with Crippen LogP contribution in [0.4, 0.5) is 4.79 Å². The van der Waals surface area contributed by atoms with Gasteiger partial charge < -0.3 is 30.3 Å². The van der Waals surface area contributed by atoms with E-state index in [4.69, 9.17) is 9.47 Å². The molecule has 0 aliphatic carbocycles. The molecule has 11 nitrogen and oxygen atoms in total. The summed E-state index contributed by atoms with van der Waals surface area (Å²) in [4.78, 5) is 70.2. The number of thiol groups is 1. The van der Waals surface area contributed by atoms with Crippen molar-refractivity contribution >= 4 is 42.4 Å². The highest BCUT2D eigenvalue weighted by molar-refractivity contribution is 7.80. The molecule has 3 rings (SSSR count). The van der Waals surface area contributed by atoms with Crippen LogP contribution in [0.5, 0.6) is 0 Å². The number of nitrogens with one attached hydrogen (secondary N) is 3. The molecule has 0 aliphatic rings. The Morgan fingerprint density at radius 1 is 0.642 bits per heavy atom. The van der Waals surface area contributed by atoms with Crippen molar-refractivity contribution in [3.63, 3.8) is 0 Å². The molecule has 53 heavy (non-hydrogen) atoms. The van der Waals surface area contributed by atoms with Gasteiger partial charge in [-0.05, 0) is 65.2 Å². The first kappa shape index (κ1) is 42.6. The molecule has 0 saturated heterocycles. The Morgan fingerprint density at radius 2 is 1.09 bits per heavy atom. The van der Waals surface area contributed by atoms with E-state index in [9.17, 15) is 24.0 Å². The molecular weight excluding hydrogens is 693 g/mol. The van der Waals surface area contributed by atoms with Gasteiger partial charge in [-0.25, -0.2) is 9.59 Å². The van der Waals surface area contributed by atoms with Crippen LogP contribution in [0.25, 0.3) is 0 Å². The van der Waals surface area contributed by atoms with E-state index in [-0.39, 0.29) is 25.0 Å². The molecule has 0 aromatic heterocycles. The van der Waals surface area contributed by atoms with Crippen LogP contribution < -0.4 is 16.0 Å². The zero-order valence-corrected chi connectivity index (χ0v) is 32.9. The number of alkyl carbamates (subject to hydrolysis) is 1. The highest BCUT2D eigenvalue weighted by atomic mass is 32.1. The van der Waals surface area contributed by atoms with Crippen LogP contribution in [0, 0.1) is 0 Å². The van der Waals surface area contributed by atoms with Crippen LogP contribution in [-0.4, -0.2) is 82.4 Å². The lowest BCUT2D eigenvalue weighted by Gasteiger charge is -2.38. The molecule has 0 aliphatic heterocycles. The smallest absolute Gasteiger partial charge is 0.408 e. The van der Waals surface area contributed by atoms with Gasteiger partial charge in [0.2, 0.25) is 17.7 Å². The highest BCUT2D eigenvalue weighted by Crippen LogP contribution is 2.20. The number of carbonyl (C=O) groups excluding carboxylic acids is 5. The topological polar surface area (TPSA) is 143 Å². The normalized spacial score (nSPS) is 14.4. The van der Waals surface area contributed by atoms with Crippen LogP contribution in [0.1, 0.15) is 65.2 Å². The average Bonchev–Trinajstić information content (AvgIpc) is 3.07. The Balaban J connectivity index is 1.94. The quantitative estimate of drug-likeness (QED) is 0.126. The fourth-order valence-electron chi connectivity index (χ4n) is 5.64. The first-order chi connectivity index (χ1) is 24.8. The molecule has 0 heterocycles. The second-order valence-electron chi connectivity index (χ2n) is 15.3. The molecule has 3 aromatic rings. The molecule has 3 N–H and O–H groups in total. The molecule has 0 bridgehead atoms. The van der Waals surface area contributed by atoms with Gasteiger partial charge in [-0.3, -0.25) is 14.4 Å². The van der Waals surface area contributed by atoms with Gasteiger partial charge in [-0.2, -0.15) is 12.6 Å². The minimum atomic E-state index is -1.60. The van der Waals surface area contributed by atoms with Crippen molar-refractivity contribution in [2.45, 2.75) is 103 Å². The maximum absolute atomic E-state index is 14.6. The van der Waals surface area contributed by atoms with Gasteiger partial charge in [0, 0.05) is 32.1 Å². The largest absolute Gasteiger partial charge is 0.458 e. The van der Waals surface area contributed by atoms with Gasteiger partial charge in [0.15, 0.2) is 0 Å². The Labute approximate surface area is 319 Å². The van der Waals surface area contributed by atoms with Crippen molar-refractivity contribution in [1.29, 1.82) is 0 Å². The van der Waals surface area contributed by atoms with E-state index in [1.54, 1.807) is 48.5 Å². The predicted molar refractivity (Wildman–Crippen MR) is 208 cm³/mol. The van der Waals surface area contributed by atoms with Crippen molar-refractivity contribution in [3.05, 3.63) is 108 Å². The molecule has 0 fully saturated rings. The molecule has 0 saturated carbocycles. The number of carbonyl (C=O) groups is 5. The summed E-state index contributed by atoms with van der Waals surface area (Å²) in [6.45, 7) is 12.0. The lowest BCUT2D eigenvalue weighted by molar-refractivity contribution is -0.159. The molecule has 0 spiro atoms. The molecule has 286 valence electrons. The van der Waals surface area contributed by atoms with E-state index in [0.717, 1.165) is 16.7 Å². The van der Waals surface area contributed by atoms with E-state index >= 15 is 0 Å². The third kappa shape index (κ3) is 13.9. The minimum Gasteiger partial charge on any atom is -0.458 e. The number of benzene rings is 3. The fourth-order valence-corrected chi connectivity index (χ4v) is 6.05. The molecule has 0 radical (unpaired) electrons. The second kappa shape index (κ2) is 18.8. The predicted octanol–water partition coefficient (Wildman–Crippen LogP) is 5.07. The summed E-state index contributed by atoms with van der Waals surface area (Å²) in [7, 11) is 1.46. The Hall–Kier alpha value is -4.84. The highest BCUT2D eigenvalue weighted by Gasteiger charge is 2.42. The average molecular weight is 747 g/mol. The van der Waals surface area contributed by atoms with Gasteiger partial charge in [-0.15, -0.1) is 0 Å². The van der Waals surface area contributed by atoms with Crippen LogP contribution in [0.2, 0.25) is 0 Å². The van der Waals surface area contributed by atoms with E-state index in [1.165, 1.54) is 11.9 Å². The van der Waals surface area contributed by atoms with E-state index in [1.807, 2.05) is 91.0 Å². The Morgan fingerprint density at radius 3 is 1.55 bits per heavy atom. The summed E-state index contributed by atoms with van der Waals surface area (Å²) in [6.07, 6.45) is -0.452. The summed E-state index contributed by atoms with van der Waals surface area (Å²) >= 11 is 4.44. The van der Waals surface area contributed by atoms with Gasteiger partial charge in [0.05, 0.1) is 0 Å². The fraction of sp³-hybridized carbons (Fsp3) is 0.439. The monoisotopic (exact) mass is 746 g/mol. The van der Waals surface area contributed by atoms with E-state index < -0.39 is 64.7 Å². The number of likely N-dealkylation sites (N-methyl/N-ethyl adjacent to an activating group) is 1.